The van der Waals surface area contributed by atoms with Gasteiger partial charge in [-0.15, -0.1) is 0 Å². The maximum absolute atomic E-state index is 11.5. The predicted octanol–water partition coefficient (Wildman–Crippen LogP) is 1.64. The summed E-state index contributed by atoms with van der Waals surface area (Å²) in [6.07, 6.45) is 4.56. The number of pyridine rings is 1. The van der Waals surface area contributed by atoms with Crippen LogP contribution in [0, 0.1) is 0 Å². The topological polar surface area (TPSA) is 111 Å². The molecule has 2 N–H and O–H groups in total. The zero-order chi connectivity index (χ0) is 18.7. The van der Waals surface area contributed by atoms with E-state index in [1.54, 1.807) is 29.9 Å². The van der Waals surface area contributed by atoms with Crippen molar-refractivity contribution in [3.8, 4) is 5.75 Å². The minimum absolute atomic E-state index is 0.109. The molecule has 0 unspecified atom stereocenters. The summed E-state index contributed by atoms with van der Waals surface area (Å²) >= 11 is 0. The lowest BCUT2D eigenvalue weighted by Crippen LogP contribution is -2.19. The van der Waals surface area contributed by atoms with E-state index in [2.05, 4.69) is 4.98 Å². The molecule has 0 bridgehead atoms. The smallest absolute Gasteiger partial charge is 0.293 e. The average Bonchev–Trinajstić information content (AvgIpc) is 3.03. The van der Waals surface area contributed by atoms with Crippen LogP contribution in [-0.2, 0) is 16.4 Å². The summed E-state index contributed by atoms with van der Waals surface area (Å²) < 4.78 is 30.4. The SMILES string of the molecule is CS(=O)(=O)c1ccc(OCCn2ccc3cnc(C(=O)NO)cc32)cc1. The zero-order valence-electron chi connectivity index (χ0n) is 13.9. The van der Waals surface area contributed by atoms with E-state index < -0.39 is 15.7 Å². The van der Waals surface area contributed by atoms with Crippen molar-refractivity contribution in [2.24, 2.45) is 0 Å². The Balaban J connectivity index is 1.69. The van der Waals surface area contributed by atoms with Crippen LogP contribution in [0.5, 0.6) is 5.75 Å². The number of hydroxylamine groups is 1. The summed E-state index contributed by atoms with van der Waals surface area (Å²) in [5.41, 5.74) is 2.45. The van der Waals surface area contributed by atoms with Crippen molar-refractivity contribution in [3.63, 3.8) is 0 Å². The summed E-state index contributed by atoms with van der Waals surface area (Å²) in [5, 5.41) is 9.57. The third-order valence-electron chi connectivity index (χ3n) is 3.84. The molecule has 0 atom stereocenters. The highest BCUT2D eigenvalue weighted by atomic mass is 32.2. The highest BCUT2D eigenvalue weighted by Gasteiger charge is 2.10. The predicted molar refractivity (Wildman–Crippen MR) is 94.0 cm³/mol. The van der Waals surface area contributed by atoms with Crippen LogP contribution in [0.1, 0.15) is 10.5 Å². The van der Waals surface area contributed by atoms with Crippen LogP contribution >= 0.6 is 0 Å². The third kappa shape index (κ3) is 3.84. The van der Waals surface area contributed by atoms with Gasteiger partial charge in [0.25, 0.3) is 5.91 Å². The molecule has 3 rings (SSSR count). The Kier molecular flexibility index (Phi) is 4.92. The van der Waals surface area contributed by atoms with Crippen LogP contribution in [0.2, 0.25) is 0 Å². The van der Waals surface area contributed by atoms with Gasteiger partial charge in [0.15, 0.2) is 9.84 Å². The van der Waals surface area contributed by atoms with Gasteiger partial charge in [-0.2, -0.15) is 0 Å². The van der Waals surface area contributed by atoms with Gasteiger partial charge in [0.05, 0.1) is 17.0 Å². The number of aromatic nitrogens is 2. The maximum atomic E-state index is 11.5. The van der Waals surface area contributed by atoms with Crippen LogP contribution in [0.4, 0.5) is 0 Å². The van der Waals surface area contributed by atoms with Gasteiger partial charge in [-0.1, -0.05) is 0 Å². The fourth-order valence-electron chi connectivity index (χ4n) is 2.50. The Morgan fingerprint density at radius 3 is 2.65 bits per heavy atom. The molecular weight excluding hydrogens is 358 g/mol. The lowest BCUT2D eigenvalue weighted by Gasteiger charge is -2.09. The number of rotatable bonds is 6. The molecule has 8 nitrogen and oxygen atoms in total. The molecule has 0 radical (unpaired) electrons. The second kappa shape index (κ2) is 7.14. The molecular formula is C17H17N3O5S. The Labute approximate surface area is 149 Å². The first-order valence-corrected chi connectivity index (χ1v) is 9.60. The van der Waals surface area contributed by atoms with Crippen molar-refractivity contribution < 1.29 is 23.2 Å². The lowest BCUT2D eigenvalue weighted by molar-refractivity contribution is 0.0701. The molecule has 0 aliphatic carbocycles. The first-order valence-electron chi connectivity index (χ1n) is 7.71. The molecule has 0 aliphatic heterocycles. The van der Waals surface area contributed by atoms with Gasteiger partial charge in [-0.05, 0) is 36.4 Å². The molecule has 0 spiro atoms. The number of benzene rings is 1. The maximum Gasteiger partial charge on any atom is 0.293 e. The summed E-state index contributed by atoms with van der Waals surface area (Å²) in [6, 6.07) is 9.67. The Hall–Kier alpha value is -2.91. The number of nitrogens with one attached hydrogen (secondary N) is 1. The number of carbonyl (C=O) groups is 1. The number of hydrogen-bond donors (Lipinski definition) is 2. The van der Waals surface area contributed by atoms with E-state index >= 15 is 0 Å². The lowest BCUT2D eigenvalue weighted by atomic mass is 10.2. The van der Waals surface area contributed by atoms with Gasteiger partial charge in [-0.3, -0.25) is 15.0 Å². The van der Waals surface area contributed by atoms with Crippen LogP contribution in [0.25, 0.3) is 10.9 Å². The Bertz CT molecular complexity index is 1040. The molecule has 1 aromatic carbocycles. The van der Waals surface area contributed by atoms with Crippen molar-refractivity contribution in [2.75, 3.05) is 12.9 Å². The van der Waals surface area contributed by atoms with Gasteiger partial charge in [0.1, 0.15) is 18.1 Å². The Morgan fingerprint density at radius 1 is 1.27 bits per heavy atom. The largest absolute Gasteiger partial charge is 0.492 e. The second-order valence-corrected chi connectivity index (χ2v) is 7.69. The fourth-order valence-corrected chi connectivity index (χ4v) is 3.13. The molecule has 0 saturated carbocycles. The molecule has 2 heterocycles. The van der Waals surface area contributed by atoms with E-state index in [1.165, 1.54) is 12.1 Å². The number of hydrogen-bond acceptors (Lipinski definition) is 6. The standard InChI is InChI=1S/C17H17N3O5S/c1-26(23,24)14-4-2-13(3-5-14)25-9-8-20-7-6-12-11-18-15(10-16(12)20)17(21)19-22/h2-7,10-11,22H,8-9H2,1H3,(H,19,21). The van der Waals surface area contributed by atoms with Crippen LogP contribution < -0.4 is 10.2 Å². The van der Waals surface area contributed by atoms with E-state index in [9.17, 15) is 13.2 Å². The van der Waals surface area contributed by atoms with Gasteiger partial charge in [-0.25, -0.2) is 13.9 Å². The number of sulfone groups is 1. The van der Waals surface area contributed by atoms with Gasteiger partial charge >= 0.3 is 0 Å². The molecule has 1 amide bonds. The minimum atomic E-state index is -3.23. The summed E-state index contributed by atoms with van der Waals surface area (Å²) in [6.45, 7) is 0.868. The Morgan fingerprint density at radius 2 is 2.00 bits per heavy atom. The number of amides is 1. The molecule has 3 aromatic rings. The zero-order valence-corrected chi connectivity index (χ0v) is 14.7. The second-order valence-electron chi connectivity index (χ2n) is 5.67. The molecule has 136 valence electrons. The number of ether oxygens (including phenoxy) is 1. The van der Waals surface area contributed by atoms with E-state index in [-0.39, 0.29) is 10.6 Å². The van der Waals surface area contributed by atoms with Crippen molar-refractivity contribution in [1.82, 2.24) is 15.0 Å². The highest BCUT2D eigenvalue weighted by Crippen LogP contribution is 2.18. The average molecular weight is 375 g/mol. The molecule has 0 saturated heterocycles. The minimum Gasteiger partial charge on any atom is -0.492 e. The molecule has 0 aliphatic rings. The summed E-state index contributed by atoms with van der Waals surface area (Å²) in [5.74, 6) is -0.113. The normalized spacial score (nSPS) is 11.5. The van der Waals surface area contributed by atoms with Crippen molar-refractivity contribution in [2.45, 2.75) is 11.4 Å². The van der Waals surface area contributed by atoms with Gasteiger partial charge in [0, 0.05) is 24.0 Å². The van der Waals surface area contributed by atoms with E-state index in [0.717, 1.165) is 17.2 Å². The van der Waals surface area contributed by atoms with Gasteiger partial charge < -0.3 is 9.30 Å². The third-order valence-corrected chi connectivity index (χ3v) is 4.97. The molecule has 26 heavy (non-hydrogen) atoms. The summed E-state index contributed by atoms with van der Waals surface area (Å²) in [7, 11) is -3.23. The number of carbonyl (C=O) groups excluding carboxylic acids is 1. The van der Waals surface area contributed by atoms with E-state index in [0.29, 0.717) is 18.9 Å². The van der Waals surface area contributed by atoms with Crippen LogP contribution in [-0.4, -0.2) is 41.9 Å². The van der Waals surface area contributed by atoms with Gasteiger partial charge in [0.2, 0.25) is 0 Å². The molecule has 0 fully saturated rings. The van der Waals surface area contributed by atoms with Crippen LogP contribution in [0.3, 0.4) is 0 Å². The number of nitrogens with zero attached hydrogens (tertiary/aromatic N) is 2. The quantitative estimate of drug-likeness (QED) is 0.501. The molecule has 9 heteroatoms. The first kappa shape index (κ1) is 17.9. The van der Waals surface area contributed by atoms with Crippen LogP contribution in [0.15, 0.2) is 53.7 Å². The molecule has 2 aromatic heterocycles. The van der Waals surface area contributed by atoms with E-state index in [4.69, 9.17) is 9.94 Å². The van der Waals surface area contributed by atoms with Crippen molar-refractivity contribution >= 4 is 26.6 Å². The van der Waals surface area contributed by atoms with Crippen molar-refractivity contribution in [1.29, 1.82) is 0 Å². The highest BCUT2D eigenvalue weighted by molar-refractivity contribution is 7.90. The number of fused-ring (bicyclic) bond motifs is 1. The monoisotopic (exact) mass is 375 g/mol. The summed E-state index contributed by atoms with van der Waals surface area (Å²) in [4.78, 5) is 15.7. The fraction of sp³-hybridized carbons (Fsp3) is 0.176. The first-order chi connectivity index (χ1) is 12.4. The van der Waals surface area contributed by atoms with Crippen molar-refractivity contribution in [3.05, 3.63) is 54.5 Å². The van der Waals surface area contributed by atoms with E-state index in [1.807, 2.05) is 16.8 Å².